The fraction of sp³-hybridized carbons (Fsp3) is 0.622. The molecule has 0 bridgehead atoms. The molecule has 3 atom stereocenters. The Bertz CT molecular complexity index is 1340. The van der Waals surface area contributed by atoms with E-state index in [2.05, 4.69) is 69.5 Å². The number of benzene rings is 2. The number of carbonyl (C=O) groups is 2. The Morgan fingerprint density at radius 2 is 1.63 bits per heavy atom. The van der Waals surface area contributed by atoms with E-state index in [0.717, 1.165) is 48.1 Å². The van der Waals surface area contributed by atoms with Gasteiger partial charge in [-0.15, -0.1) is 0 Å². The largest absolute Gasteiger partial charge is 0.497 e. The molecule has 2 aromatic rings. The van der Waals surface area contributed by atoms with Gasteiger partial charge in [-0.2, -0.15) is 0 Å². The van der Waals surface area contributed by atoms with Crippen molar-refractivity contribution in [2.24, 2.45) is 5.41 Å². The smallest absolute Gasteiger partial charge is 0.408 e. The minimum Gasteiger partial charge on any atom is -0.497 e. The Kier molecular flexibility index (Phi) is 11.0. The number of methoxy groups -OCH3 is 2. The lowest BCUT2D eigenvalue weighted by Crippen LogP contribution is -2.57. The van der Waals surface area contributed by atoms with Gasteiger partial charge in [0, 0.05) is 13.5 Å². The third-order valence-corrected chi connectivity index (χ3v) is 14.8. The van der Waals surface area contributed by atoms with Crippen molar-refractivity contribution in [3.8, 4) is 16.9 Å². The third-order valence-electron chi connectivity index (χ3n) is 10.3. The summed E-state index contributed by atoms with van der Waals surface area (Å²) in [4.78, 5) is 29.5. The summed E-state index contributed by atoms with van der Waals surface area (Å²) in [6, 6.07) is 15.3. The second kappa shape index (κ2) is 14.1. The van der Waals surface area contributed by atoms with Crippen LogP contribution in [0.25, 0.3) is 11.1 Å². The highest BCUT2D eigenvalue weighted by molar-refractivity contribution is 6.74. The van der Waals surface area contributed by atoms with Gasteiger partial charge in [-0.1, -0.05) is 77.9 Å². The molecule has 1 aliphatic carbocycles. The van der Waals surface area contributed by atoms with Gasteiger partial charge in [-0.05, 0) is 78.1 Å². The number of alkyl carbamates (subject to hydrolysis) is 1. The van der Waals surface area contributed by atoms with Crippen molar-refractivity contribution >= 4 is 20.3 Å². The summed E-state index contributed by atoms with van der Waals surface area (Å²) in [6.45, 7) is 17.8. The zero-order valence-electron chi connectivity index (χ0n) is 29.7. The second-order valence-corrected chi connectivity index (χ2v) is 20.5. The van der Waals surface area contributed by atoms with Crippen LogP contribution in [0.2, 0.25) is 18.1 Å². The molecule has 1 saturated heterocycles. The van der Waals surface area contributed by atoms with Crippen LogP contribution in [0.4, 0.5) is 4.79 Å². The van der Waals surface area contributed by atoms with Crippen LogP contribution in [-0.4, -0.2) is 70.8 Å². The van der Waals surface area contributed by atoms with Gasteiger partial charge in [0.15, 0.2) is 8.32 Å². The summed E-state index contributed by atoms with van der Waals surface area (Å²) in [5, 5.41) is 2.98. The lowest BCUT2D eigenvalue weighted by Gasteiger charge is -2.39. The molecule has 9 heteroatoms. The van der Waals surface area contributed by atoms with E-state index >= 15 is 0 Å². The molecule has 1 heterocycles. The van der Waals surface area contributed by atoms with E-state index in [1.165, 1.54) is 0 Å². The van der Waals surface area contributed by atoms with Gasteiger partial charge in [0.25, 0.3) is 0 Å². The van der Waals surface area contributed by atoms with Crippen molar-refractivity contribution in [3.05, 3.63) is 54.1 Å². The first-order valence-electron chi connectivity index (χ1n) is 16.7. The summed E-state index contributed by atoms with van der Waals surface area (Å²) in [6.07, 6.45) is 3.81. The van der Waals surface area contributed by atoms with E-state index < -0.39 is 31.5 Å². The number of rotatable bonds is 10. The molecule has 0 spiro atoms. The molecule has 2 fully saturated rings. The van der Waals surface area contributed by atoms with E-state index in [4.69, 9.17) is 18.6 Å². The van der Waals surface area contributed by atoms with Gasteiger partial charge in [-0.25, -0.2) is 4.79 Å². The average molecular weight is 653 g/mol. The summed E-state index contributed by atoms with van der Waals surface area (Å²) in [5.74, 6) is 0.658. The van der Waals surface area contributed by atoms with E-state index in [-0.39, 0.29) is 23.1 Å². The Labute approximate surface area is 277 Å². The number of carbonyl (C=O) groups excluding carboxylic acids is 2. The first kappa shape index (κ1) is 36.0. The van der Waals surface area contributed by atoms with Crippen LogP contribution in [0.5, 0.6) is 5.75 Å². The fourth-order valence-electron chi connectivity index (χ4n) is 6.26. The Hall–Kier alpha value is -2.88. The number of amides is 2. The van der Waals surface area contributed by atoms with Crippen LogP contribution in [0.3, 0.4) is 0 Å². The van der Waals surface area contributed by atoms with Gasteiger partial charge in [-0.3, -0.25) is 4.79 Å². The molecule has 2 aliphatic rings. The first-order valence-corrected chi connectivity index (χ1v) is 19.6. The molecular formula is C37H56N2O6Si. The monoisotopic (exact) mass is 652 g/mol. The minimum atomic E-state index is -2.12. The summed E-state index contributed by atoms with van der Waals surface area (Å²) >= 11 is 0. The van der Waals surface area contributed by atoms with Gasteiger partial charge in [0.05, 0.1) is 26.3 Å². The molecule has 0 radical (unpaired) electrons. The van der Waals surface area contributed by atoms with Gasteiger partial charge >= 0.3 is 6.09 Å². The second-order valence-electron chi connectivity index (χ2n) is 15.7. The molecule has 2 amide bonds. The summed E-state index contributed by atoms with van der Waals surface area (Å²) in [5.41, 5.74) is 1.83. The highest BCUT2D eigenvalue weighted by Crippen LogP contribution is 2.43. The van der Waals surface area contributed by atoms with Crippen LogP contribution in [0.1, 0.15) is 79.2 Å². The molecule has 4 rings (SSSR count). The molecular weight excluding hydrogens is 597 g/mol. The average Bonchev–Trinajstić information content (AvgIpc) is 3.66. The number of ether oxygens (including phenoxy) is 3. The Morgan fingerprint density at radius 1 is 0.978 bits per heavy atom. The minimum absolute atomic E-state index is 0.0221. The molecule has 2 aromatic carbocycles. The SMILES string of the molecule is COc1cccc(-c2ccc([C@]3(OC)C[C@@H](CO[Si](C)(C)C(C)(C)C)N(C(=O)[C@@H](NC(=O)OC4CCCC4)C(C)(C)C)C3)cc2)c1. The van der Waals surface area contributed by atoms with E-state index in [0.29, 0.717) is 19.6 Å². The predicted molar refractivity (Wildman–Crippen MR) is 185 cm³/mol. The lowest BCUT2D eigenvalue weighted by atomic mass is 9.85. The summed E-state index contributed by atoms with van der Waals surface area (Å²) < 4.78 is 24.2. The molecule has 46 heavy (non-hydrogen) atoms. The van der Waals surface area contributed by atoms with Crippen LogP contribution < -0.4 is 10.1 Å². The first-order chi connectivity index (χ1) is 21.5. The van der Waals surface area contributed by atoms with Crippen LogP contribution in [0.15, 0.2) is 48.5 Å². The van der Waals surface area contributed by atoms with Crippen molar-refractivity contribution < 1.29 is 28.2 Å². The van der Waals surface area contributed by atoms with Gasteiger partial charge in [0.2, 0.25) is 5.91 Å². The number of nitrogens with zero attached hydrogens (tertiary/aromatic N) is 1. The van der Waals surface area contributed by atoms with Crippen molar-refractivity contribution in [2.75, 3.05) is 27.4 Å². The van der Waals surface area contributed by atoms with Gasteiger partial charge < -0.3 is 28.9 Å². The normalized spacial score (nSPS) is 21.7. The van der Waals surface area contributed by atoms with Crippen LogP contribution >= 0.6 is 0 Å². The molecule has 8 nitrogen and oxygen atoms in total. The Morgan fingerprint density at radius 3 is 2.20 bits per heavy atom. The van der Waals surface area contributed by atoms with Crippen molar-refractivity contribution in [3.63, 3.8) is 0 Å². The Balaban J connectivity index is 1.64. The zero-order chi connectivity index (χ0) is 33.9. The molecule has 1 aliphatic heterocycles. The zero-order valence-corrected chi connectivity index (χ0v) is 30.7. The molecule has 1 saturated carbocycles. The molecule has 254 valence electrons. The topological polar surface area (TPSA) is 86.3 Å². The van der Waals surface area contributed by atoms with Crippen molar-refractivity contribution in [2.45, 2.75) is 116 Å². The molecule has 0 unspecified atom stereocenters. The van der Waals surface area contributed by atoms with Crippen LogP contribution in [-0.2, 0) is 24.3 Å². The van der Waals surface area contributed by atoms with Gasteiger partial charge in [0.1, 0.15) is 23.5 Å². The van der Waals surface area contributed by atoms with E-state index in [1.807, 2.05) is 43.9 Å². The number of likely N-dealkylation sites (tertiary alicyclic amines) is 1. The fourth-order valence-corrected chi connectivity index (χ4v) is 7.30. The highest BCUT2D eigenvalue weighted by Gasteiger charge is 2.51. The quantitative estimate of drug-likeness (QED) is 0.263. The van der Waals surface area contributed by atoms with Crippen LogP contribution in [0, 0.1) is 5.41 Å². The summed E-state index contributed by atoms with van der Waals surface area (Å²) in [7, 11) is 1.27. The molecule has 1 N–H and O–H groups in total. The third kappa shape index (κ3) is 8.15. The number of hydrogen-bond acceptors (Lipinski definition) is 6. The lowest BCUT2D eigenvalue weighted by molar-refractivity contribution is -0.138. The van der Waals surface area contributed by atoms with Crippen molar-refractivity contribution in [1.82, 2.24) is 10.2 Å². The maximum absolute atomic E-state index is 14.6. The standard InChI is InChI=1S/C37H56N2O6Si/c1-35(2,3)32(38-34(41)45-30-15-11-12-16-30)33(40)39-25-37(43-8,23-29(39)24-44-46(9,10)36(4,5)6)28-20-18-26(19-21-28)27-14-13-17-31(22-27)42-7/h13-14,17-22,29-30,32H,11-12,15-16,23-25H2,1-10H3,(H,38,41)/t29-,32+,37-/m0/s1. The maximum atomic E-state index is 14.6. The molecule has 0 aromatic heterocycles. The number of hydrogen-bond donors (Lipinski definition) is 1. The van der Waals surface area contributed by atoms with E-state index in [1.54, 1.807) is 14.2 Å². The predicted octanol–water partition coefficient (Wildman–Crippen LogP) is 7.91. The number of nitrogens with one attached hydrogen (secondary N) is 1. The maximum Gasteiger partial charge on any atom is 0.408 e. The van der Waals surface area contributed by atoms with E-state index in [9.17, 15) is 9.59 Å². The highest BCUT2D eigenvalue weighted by atomic mass is 28.4. The van der Waals surface area contributed by atoms with Crippen molar-refractivity contribution in [1.29, 1.82) is 0 Å².